The number of nitrogens with one attached hydrogen (secondary N) is 1. The summed E-state index contributed by atoms with van der Waals surface area (Å²) in [6.07, 6.45) is 0.866. The third-order valence-electron chi connectivity index (χ3n) is 3.01. The fourth-order valence-electron chi connectivity index (χ4n) is 1.97. The second kappa shape index (κ2) is 7.65. The van der Waals surface area contributed by atoms with Crippen LogP contribution in [0.25, 0.3) is 0 Å². The van der Waals surface area contributed by atoms with Crippen molar-refractivity contribution >= 4 is 22.9 Å². The van der Waals surface area contributed by atoms with E-state index in [1.807, 2.05) is 24.3 Å². The topological polar surface area (TPSA) is 32.3 Å². The molecule has 1 atom stereocenters. The van der Waals surface area contributed by atoms with Crippen LogP contribution < -0.4 is 5.32 Å². The van der Waals surface area contributed by atoms with Crippen molar-refractivity contribution < 1.29 is 5.11 Å². The lowest BCUT2D eigenvalue weighted by molar-refractivity contribution is 0.221. The van der Waals surface area contributed by atoms with Gasteiger partial charge in [0.15, 0.2) is 0 Å². The minimum absolute atomic E-state index is 0.195. The Bertz CT molecular complexity index is 469. The Labute approximate surface area is 123 Å². The van der Waals surface area contributed by atoms with Crippen molar-refractivity contribution in [3.63, 3.8) is 0 Å². The van der Waals surface area contributed by atoms with Gasteiger partial charge in [0.05, 0.1) is 0 Å². The zero-order valence-corrected chi connectivity index (χ0v) is 12.3. The maximum atomic E-state index is 9.44. The standard InChI is InChI=1S/C15H18ClNOS/c16-14-5-3-12(4-6-14)8-13(11-18)9-17-10-15-2-1-7-19-15/h1-7,13,17-18H,8-11H2. The molecule has 0 aliphatic carbocycles. The molecule has 19 heavy (non-hydrogen) atoms. The van der Waals surface area contributed by atoms with E-state index in [0.29, 0.717) is 0 Å². The van der Waals surface area contributed by atoms with Crippen LogP contribution in [-0.2, 0) is 13.0 Å². The van der Waals surface area contributed by atoms with Gasteiger partial charge in [-0.25, -0.2) is 0 Å². The normalized spacial score (nSPS) is 12.5. The van der Waals surface area contributed by atoms with Gasteiger partial charge >= 0.3 is 0 Å². The lowest BCUT2D eigenvalue weighted by Gasteiger charge is -2.15. The minimum atomic E-state index is 0.195. The van der Waals surface area contributed by atoms with Crippen LogP contribution >= 0.6 is 22.9 Å². The maximum absolute atomic E-state index is 9.44. The lowest BCUT2D eigenvalue weighted by atomic mass is 10.00. The summed E-state index contributed by atoms with van der Waals surface area (Å²) in [5, 5.41) is 15.7. The second-order valence-corrected chi connectivity index (χ2v) is 6.06. The Morgan fingerprint density at radius 3 is 2.63 bits per heavy atom. The van der Waals surface area contributed by atoms with E-state index in [1.165, 1.54) is 10.4 Å². The van der Waals surface area contributed by atoms with Crippen LogP contribution in [-0.4, -0.2) is 18.3 Å². The average Bonchev–Trinajstić information content (AvgIpc) is 2.93. The van der Waals surface area contributed by atoms with Crippen LogP contribution in [0, 0.1) is 5.92 Å². The molecule has 0 aliphatic rings. The van der Waals surface area contributed by atoms with E-state index in [1.54, 1.807) is 11.3 Å². The van der Waals surface area contributed by atoms with Gasteiger partial charge in [-0.15, -0.1) is 11.3 Å². The van der Waals surface area contributed by atoms with Gasteiger partial charge in [-0.2, -0.15) is 0 Å². The molecule has 0 saturated heterocycles. The van der Waals surface area contributed by atoms with Crippen LogP contribution in [0.4, 0.5) is 0 Å². The maximum Gasteiger partial charge on any atom is 0.0474 e. The van der Waals surface area contributed by atoms with Gasteiger partial charge in [-0.3, -0.25) is 0 Å². The first-order chi connectivity index (χ1) is 9.28. The first-order valence-electron chi connectivity index (χ1n) is 6.36. The Morgan fingerprint density at radius 1 is 1.21 bits per heavy atom. The number of benzene rings is 1. The number of hydrogen-bond acceptors (Lipinski definition) is 3. The van der Waals surface area contributed by atoms with Crippen LogP contribution in [0.15, 0.2) is 41.8 Å². The molecular formula is C15H18ClNOS. The summed E-state index contributed by atoms with van der Waals surface area (Å²) in [5.41, 5.74) is 1.21. The second-order valence-electron chi connectivity index (χ2n) is 4.59. The predicted molar refractivity (Wildman–Crippen MR) is 81.8 cm³/mol. The SMILES string of the molecule is OCC(CNCc1cccs1)Cc1ccc(Cl)cc1. The summed E-state index contributed by atoms with van der Waals surface area (Å²) in [6.45, 7) is 1.88. The summed E-state index contributed by atoms with van der Waals surface area (Å²) in [5.74, 6) is 0.237. The zero-order chi connectivity index (χ0) is 13.5. The Morgan fingerprint density at radius 2 is 2.00 bits per heavy atom. The number of halogens is 1. The van der Waals surface area contributed by atoms with E-state index in [4.69, 9.17) is 11.6 Å². The summed E-state index contributed by atoms with van der Waals surface area (Å²) in [7, 11) is 0. The van der Waals surface area contributed by atoms with Crippen molar-refractivity contribution in [3.05, 3.63) is 57.2 Å². The number of aliphatic hydroxyl groups excluding tert-OH is 1. The fourth-order valence-corrected chi connectivity index (χ4v) is 2.77. The van der Waals surface area contributed by atoms with Gasteiger partial charge in [0.2, 0.25) is 0 Å². The molecule has 0 fully saturated rings. The molecule has 102 valence electrons. The van der Waals surface area contributed by atoms with E-state index in [-0.39, 0.29) is 12.5 Å². The predicted octanol–water partition coefficient (Wildman–Crippen LogP) is 3.34. The molecule has 0 radical (unpaired) electrons. The largest absolute Gasteiger partial charge is 0.396 e. The van der Waals surface area contributed by atoms with Crippen LogP contribution in [0.3, 0.4) is 0 Å². The highest BCUT2D eigenvalue weighted by molar-refractivity contribution is 7.09. The number of thiophene rings is 1. The molecule has 2 rings (SSSR count). The van der Waals surface area contributed by atoms with Gasteiger partial charge in [-0.05, 0) is 41.5 Å². The highest BCUT2D eigenvalue weighted by atomic mass is 35.5. The zero-order valence-electron chi connectivity index (χ0n) is 10.7. The van der Waals surface area contributed by atoms with E-state index in [9.17, 15) is 5.11 Å². The van der Waals surface area contributed by atoms with Crippen molar-refractivity contribution in [3.8, 4) is 0 Å². The van der Waals surface area contributed by atoms with Crippen LogP contribution in [0.5, 0.6) is 0 Å². The molecule has 2 aromatic rings. The van der Waals surface area contributed by atoms with Gasteiger partial charge in [-0.1, -0.05) is 29.8 Å². The molecule has 0 aliphatic heterocycles. The van der Waals surface area contributed by atoms with Gasteiger partial charge in [0, 0.05) is 29.6 Å². The first-order valence-corrected chi connectivity index (χ1v) is 7.62. The molecule has 1 aromatic heterocycles. The van der Waals surface area contributed by atoms with Crippen molar-refractivity contribution in [2.75, 3.05) is 13.2 Å². The Balaban J connectivity index is 1.78. The number of rotatable bonds is 7. The van der Waals surface area contributed by atoms with Gasteiger partial charge in [0.25, 0.3) is 0 Å². The van der Waals surface area contributed by atoms with Crippen molar-refractivity contribution in [2.45, 2.75) is 13.0 Å². The van der Waals surface area contributed by atoms with Crippen molar-refractivity contribution in [1.29, 1.82) is 0 Å². The van der Waals surface area contributed by atoms with Gasteiger partial charge < -0.3 is 10.4 Å². The summed E-state index contributed by atoms with van der Waals surface area (Å²) >= 11 is 7.61. The molecule has 2 N–H and O–H groups in total. The minimum Gasteiger partial charge on any atom is -0.396 e. The monoisotopic (exact) mass is 295 g/mol. The fraction of sp³-hybridized carbons (Fsp3) is 0.333. The third kappa shape index (κ3) is 4.96. The summed E-state index contributed by atoms with van der Waals surface area (Å²) < 4.78 is 0. The van der Waals surface area contributed by atoms with E-state index < -0.39 is 0 Å². The molecule has 2 nitrogen and oxygen atoms in total. The quantitative estimate of drug-likeness (QED) is 0.821. The van der Waals surface area contributed by atoms with E-state index >= 15 is 0 Å². The summed E-state index contributed by atoms with van der Waals surface area (Å²) in [6, 6.07) is 12.0. The molecule has 1 heterocycles. The molecular weight excluding hydrogens is 278 g/mol. The molecule has 1 aromatic carbocycles. The third-order valence-corrected chi connectivity index (χ3v) is 4.14. The molecule has 0 bridgehead atoms. The molecule has 0 saturated carbocycles. The highest BCUT2D eigenvalue weighted by Crippen LogP contribution is 2.13. The van der Waals surface area contributed by atoms with Crippen LogP contribution in [0.1, 0.15) is 10.4 Å². The average molecular weight is 296 g/mol. The molecule has 4 heteroatoms. The number of hydrogen-bond donors (Lipinski definition) is 2. The van der Waals surface area contributed by atoms with E-state index in [0.717, 1.165) is 24.5 Å². The number of aliphatic hydroxyl groups is 1. The Kier molecular flexibility index (Phi) is 5.86. The molecule has 0 amide bonds. The van der Waals surface area contributed by atoms with Crippen LogP contribution in [0.2, 0.25) is 5.02 Å². The Hall–Kier alpha value is -0.870. The molecule has 0 spiro atoms. The van der Waals surface area contributed by atoms with E-state index in [2.05, 4.69) is 22.8 Å². The first kappa shape index (κ1) is 14.5. The van der Waals surface area contributed by atoms with Crippen molar-refractivity contribution in [1.82, 2.24) is 5.32 Å². The van der Waals surface area contributed by atoms with Crippen molar-refractivity contribution in [2.24, 2.45) is 5.92 Å². The van der Waals surface area contributed by atoms with Gasteiger partial charge in [0.1, 0.15) is 0 Å². The molecule has 1 unspecified atom stereocenters. The summed E-state index contributed by atoms with van der Waals surface area (Å²) in [4.78, 5) is 1.32. The highest BCUT2D eigenvalue weighted by Gasteiger charge is 2.08. The lowest BCUT2D eigenvalue weighted by Crippen LogP contribution is -2.26. The smallest absolute Gasteiger partial charge is 0.0474 e.